The van der Waals surface area contributed by atoms with E-state index < -0.39 is 0 Å². The maximum Gasteiger partial charge on any atom is 0.251 e. The summed E-state index contributed by atoms with van der Waals surface area (Å²) < 4.78 is 0. The molecule has 0 spiro atoms. The summed E-state index contributed by atoms with van der Waals surface area (Å²) in [5.41, 5.74) is 2.03. The maximum absolute atomic E-state index is 12.1. The van der Waals surface area contributed by atoms with Crippen LogP contribution < -0.4 is 20.9 Å². The van der Waals surface area contributed by atoms with Gasteiger partial charge in [-0.15, -0.1) is 0 Å². The van der Waals surface area contributed by atoms with Crippen LogP contribution in [0.3, 0.4) is 0 Å². The second-order valence-corrected chi connectivity index (χ2v) is 5.71. The number of fused-ring (bicyclic) bond motifs is 3. The minimum Gasteiger partial charge on any atom is -0.358 e. The summed E-state index contributed by atoms with van der Waals surface area (Å²) in [6.45, 7) is 3.13. The Labute approximate surface area is 134 Å². The molecule has 2 aliphatic rings. The zero-order valence-electron chi connectivity index (χ0n) is 13.0. The average molecular weight is 316 g/mol. The molecular weight excluding hydrogens is 296 g/mol. The lowest BCUT2D eigenvalue weighted by Gasteiger charge is -2.33. The van der Waals surface area contributed by atoms with Gasteiger partial charge in [-0.25, -0.2) is 0 Å². The van der Waals surface area contributed by atoms with Crippen LogP contribution in [0.25, 0.3) is 0 Å². The molecule has 7 nitrogen and oxygen atoms in total. The second kappa shape index (κ2) is 6.28. The average Bonchev–Trinajstić information content (AvgIpc) is 3.03. The van der Waals surface area contributed by atoms with Crippen LogP contribution in [-0.4, -0.2) is 43.4 Å². The third-order valence-corrected chi connectivity index (χ3v) is 4.16. The van der Waals surface area contributed by atoms with Crippen LogP contribution in [0, 0.1) is 0 Å². The number of hydrogen-bond acceptors (Lipinski definition) is 4. The first-order valence-electron chi connectivity index (χ1n) is 7.86. The first-order chi connectivity index (χ1) is 11.1. The number of benzene rings is 1. The minimum atomic E-state index is -0.336. The number of nitrogens with zero attached hydrogens (tertiary/aromatic N) is 1. The number of rotatable bonds is 4. The molecule has 2 aliphatic heterocycles. The summed E-state index contributed by atoms with van der Waals surface area (Å²) >= 11 is 0. The molecule has 2 heterocycles. The lowest BCUT2D eigenvalue weighted by atomic mass is 10.1. The van der Waals surface area contributed by atoms with Crippen molar-refractivity contribution in [2.75, 3.05) is 29.9 Å². The third-order valence-electron chi connectivity index (χ3n) is 4.16. The topological polar surface area (TPSA) is 90.5 Å². The Morgan fingerprint density at radius 1 is 1.35 bits per heavy atom. The van der Waals surface area contributed by atoms with Crippen molar-refractivity contribution in [1.82, 2.24) is 10.6 Å². The molecule has 1 saturated heterocycles. The Morgan fingerprint density at radius 2 is 2.17 bits per heavy atom. The van der Waals surface area contributed by atoms with Crippen molar-refractivity contribution in [2.24, 2.45) is 0 Å². The van der Waals surface area contributed by atoms with Gasteiger partial charge in [0.15, 0.2) is 0 Å². The highest BCUT2D eigenvalue weighted by Gasteiger charge is 2.36. The normalized spacial score (nSPS) is 18.7. The predicted octanol–water partition coefficient (Wildman–Crippen LogP) is 0.473. The molecule has 7 heteroatoms. The van der Waals surface area contributed by atoms with E-state index in [9.17, 15) is 14.4 Å². The highest BCUT2D eigenvalue weighted by Crippen LogP contribution is 2.37. The van der Waals surface area contributed by atoms with Gasteiger partial charge in [-0.05, 0) is 38.0 Å². The van der Waals surface area contributed by atoms with Crippen molar-refractivity contribution in [1.29, 1.82) is 0 Å². The van der Waals surface area contributed by atoms with Gasteiger partial charge in [-0.3, -0.25) is 14.4 Å². The summed E-state index contributed by atoms with van der Waals surface area (Å²) in [4.78, 5) is 37.7. The van der Waals surface area contributed by atoms with Crippen molar-refractivity contribution < 1.29 is 14.4 Å². The summed E-state index contributed by atoms with van der Waals surface area (Å²) in [5.74, 6) is -0.584. The van der Waals surface area contributed by atoms with E-state index in [0.29, 0.717) is 17.8 Å². The molecule has 1 atom stereocenters. The summed E-state index contributed by atoms with van der Waals surface area (Å²) in [5, 5.41) is 8.06. The highest BCUT2D eigenvalue weighted by atomic mass is 16.2. The van der Waals surface area contributed by atoms with Gasteiger partial charge in [0.25, 0.3) is 5.91 Å². The minimum absolute atomic E-state index is 0.0186. The van der Waals surface area contributed by atoms with E-state index in [-0.39, 0.29) is 30.3 Å². The Kier molecular flexibility index (Phi) is 4.18. The third kappa shape index (κ3) is 2.99. The molecule has 122 valence electrons. The van der Waals surface area contributed by atoms with E-state index in [2.05, 4.69) is 20.9 Å². The fraction of sp³-hybridized carbons (Fsp3) is 0.438. The van der Waals surface area contributed by atoms with E-state index >= 15 is 0 Å². The summed E-state index contributed by atoms with van der Waals surface area (Å²) in [6, 6.07) is 5.14. The van der Waals surface area contributed by atoms with Crippen LogP contribution in [0.15, 0.2) is 18.2 Å². The molecule has 23 heavy (non-hydrogen) atoms. The molecule has 3 amide bonds. The lowest BCUT2D eigenvalue weighted by molar-refractivity contribution is -0.120. The zero-order chi connectivity index (χ0) is 16.4. The Bertz CT molecular complexity index is 659. The molecule has 0 aromatic heterocycles. The quantitative estimate of drug-likeness (QED) is 0.753. The van der Waals surface area contributed by atoms with Gasteiger partial charge in [-0.1, -0.05) is 0 Å². The van der Waals surface area contributed by atoms with Gasteiger partial charge in [0.05, 0.1) is 17.9 Å². The van der Waals surface area contributed by atoms with Crippen LogP contribution in [-0.2, 0) is 9.59 Å². The molecular formula is C16H20N4O3. The number of carbonyl (C=O) groups excluding carboxylic acids is 3. The van der Waals surface area contributed by atoms with Crippen molar-refractivity contribution in [3.05, 3.63) is 23.8 Å². The van der Waals surface area contributed by atoms with Gasteiger partial charge in [0, 0.05) is 18.7 Å². The molecule has 0 bridgehead atoms. The van der Waals surface area contributed by atoms with E-state index in [1.54, 1.807) is 12.1 Å². The largest absolute Gasteiger partial charge is 0.358 e. The zero-order valence-corrected chi connectivity index (χ0v) is 13.0. The smallest absolute Gasteiger partial charge is 0.251 e. The molecule has 3 N–H and O–H groups in total. The van der Waals surface area contributed by atoms with E-state index in [0.717, 1.165) is 25.1 Å². The van der Waals surface area contributed by atoms with Gasteiger partial charge in [-0.2, -0.15) is 0 Å². The van der Waals surface area contributed by atoms with Crippen LogP contribution in [0.4, 0.5) is 11.4 Å². The maximum atomic E-state index is 12.1. The SMILES string of the molecule is CCNC(=O)CNC(=O)c1ccc2c(c1)NC(=O)[C@@H]1CCCN21. The van der Waals surface area contributed by atoms with Crippen molar-refractivity contribution in [2.45, 2.75) is 25.8 Å². The van der Waals surface area contributed by atoms with Crippen LogP contribution in [0.2, 0.25) is 0 Å². The highest BCUT2D eigenvalue weighted by molar-refractivity contribution is 6.06. The van der Waals surface area contributed by atoms with Gasteiger partial charge < -0.3 is 20.9 Å². The molecule has 1 aromatic rings. The van der Waals surface area contributed by atoms with Gasteiger partial charge >= 0.3 is 0 Å². The molecule has 1 fully saturated rings. The number of likely N-dealkylation sites (N-methyl/N-ethyl adjacent to an activating group) is 1. The molecule has 3 rings (SSSR count). The summed E-state index contributed by atoms with van der Waals surface area (Å²) in [7, 11) is 0. The number of hydrogen-bond donors (Lipinski definition) is 3. The van der Waals surface area contributed by atoms with Crippen LogP contribution in [0.1, 0.15) is 30.1 Å². The van der Waals surface area contributed by atoms with Crippen molar-refractivity contribution >= 4 is 29.1 Å². The second-order valence-electron chi connectivity index (χ2n) is 5.71. The molecule has 0 saturated carbocycles. The monoisotopic (exact) mass is 316 g/mol. The number of anilines is 2. The van der Waals surface area contributed by atoms with Crippen LogP contribution in [0.5, 0.6) is 0 Å². The Hall–Kier alpha value is -2.57. The van der Waals surface area contributed by atoms with Crippen molar-refractivity contribution in [3.8, 4) is 0 Å². The van der Waals surface area contributed by atoms with E-state index in [4.69, 9.17) is 0 Å². The first kappa shape index (κ1) is 15.3. The Balaban J connectivity index is 1.73. The Morgan fingerprint density at radius 3 is 2.96 bits per heavy atom. The fourth-order valence-electron chi connectivity index (χ4n) is 3.09. The number of amides is 3. The van der Waals surface area contributed by atoms with E-state index in [1.165, 1.54) is 0 Å². The predicted molar refractivity (Wildman–Crippen MR) is 86.5 cm³/mol. The van der Waals surface area contributed by atoms with Gasteiger partial charge in [0.2, 0.25) is 11.8 Å². The fourth-order valence-corrected chi connectivity index (χ4v) is 3.09. The standard InChI is InChI=1S/C16H20N4O3/c1-2-17-14(21)9-18-15(22)10-5-6-12-11(8-10)19-16(23)13-4-3-7-20(12)13/h5-6,8,13H,2-4,7,9H2,1H3,(H,17,21)(H,18,22)(H,19,23)/t13-/m0/s1. The number of carbonyl (C=O) groups is 3. The number of nitrogens with one attached hydrogen (secondary N) is 3. The molecule has 0 aliphatic carbocycles. The van der Waals surface area contributed by atoms with Crippen LogP contribution >= 0.6 is 0 Å². The molecule has 0 unspecified atom stereocenters. The molecule has 1 aromatic carbocycles. The van der Waals surface area contributed by atoms with Gasteiger partial charge in [0.1, 0.15) is 6.04 Å². The van der Waals surface area contributed by atoms with Crippen molar-refractivity contribution in [3.63, 3.8) is 0 Å². The molecule has 0 radical (unpaired) electrons. The van der Waals surface area contributed by atoms with E-state index in [1.807, 2.05) is 13.0 Å². The summed E-state index contributed by atoms with van der Waals surface area (Å²) in [6.07, 6.45) is 1.85. The first-order valence-corrected chi connectivity index (χ1v) is 7.86. The lowest BCUT2D eigenvalue weighted by Crippen LogP contribution is -2.44.